The Morgan fingerprint density at radius 1 is 1.15 bits per heavy atom. The van der Waals surface area contributed by atoms with Crippen LogP contribution in [0.25, 0.3) is 0 Å². The highest BCUT2D eigenvalue weighted by molar-refractivity contribution is 6.37. The fourth-order valence-electron chi connectivity index (χ4n) is 2.42. The van der Waals surface area contributed by atoms with Crippen molar-refractivity contribution >= 4 is 34.8 Å². The summed E-state index contributed by atoms with van der Waals surface area (Å²) in [6.45, 7) is 0.126. The molecule has 2 aromatic carbocycles. The molecule has 1 N–H and O–H groups in total. The van der Waals surface area contributed by atoms with Gasteiger partial charge in [-0.15, -0.1) is 0 Å². The van der Waals surface area contributed by atoms with Crippen molar-refractivity contribution in [2.75, 3.05) is 5.32 Å². The van der Waals surface area contributed by atoms with Gasteiger partial charge in [0.15, 0.2) is 0 Å². The molecule has 0 saturated heterocycles. The van der Waals surface area contributed by atoms with Gasteiger partial charge in [-0.1, -0.05) is 35.3 Å². The summed E-state index contributed by atoms with van der Waals surface area (Å²) in [6, 6.07) is 9.47. The molecule has 0 aliphatic carbocycles. The van der Waals surface area contributed by atoms with Gasteiger partial charge in [0, 0.05) is 11.2 Å². The van der Waals surface area contributed by atoms with Crippen molar-refractivity contribution in [1.29, 1.82) is 0 Å². The lowest BCUT2D eigenvalue weighted by molar-refractivity contribution is -0.137. The van der Waals surface area contributed by atoms with Crippen LogP contribution in [0, 0.1) is 0 Å². The number of aromatic nitrogens is 2. The third-order valence-corrected chi connectivity index (χ3v) is 4.21. The van der Waals surface area contributed by atoms with Crippen LogP contribution >= 0.6 is 23.2 Å². The number of nitrogens with one attached hydrogen (secondary N) is 1. The van der Waals surface area contributed by atoms with Crippen LogP contribution in [-0.2, 0) is 12.7 Å². The summed E-state index contributed by atoms with van der Waals surface area (Å²) in [6.07, 6.45) is -1.49. The Morgan fingerprint density at radius 2 is 1.93 bits per heavy atom. The number of carbonyl (C=O) groups is 1. The summed E-state index contributed by atoms with van der Waals surface area (Å²) in [5, 5.41) is 7.30. The quantitative estimate of drug-likeness (QED) is 0.612. The van der Waals surface area contributed by atoms with Crippen molar-refractivity contribution in [2.45, 2.75) is 12.7 Å². The van der Waals surface area contributed by atoms with Crippen LogP contribution in [0.5, 0.6) is 0 Å². The van der Waals surface area contributed by atoms with E-state index < -0.39 is 17.6 Å². The zero-order valence-electron chi connectivity index (χ0n) is 13.6. The van der Waals surface area contributed by atoms with Gasteiger partial charge in [0.2, 0.25) is 0 Å². The second-order valence-corrected chi connectivity index (χ2v) is 6.55. The summed E-state index contributed by atoms with van der Waals surface area (Å²) in [4.78, 5) is 12.3. The van der Waals surface area contributed by atoms with E-state index in [1.165, 1.54) is 35.3 Å². The summed E-state index contributed by atoms with van der Waals surface area (Å²) in [5.41, 5.74) is 0.342. The maximum atomic E-state index is 12.8. The van der Waals surface area contributed by atoms with Crippen LogP contribution in [0.4, 0.5) is 18.9 Å². The molecule has 140 valence electrons. The second kappa shape index (κ2) is 7.62. The van der Waals surface area contributed by atoms with Gasteiger partial charge in [0.1, 0.15) is 0 Å². The molecule has 0 saturated carbocycles. The molecule has 3 rings (SSSR count). The molecule has 1 heterocycles. The number of benzene rings is 2. The number of anilines is 1. The maximum Gasteiger partial charge on any atom is 0.416 e. The van der Waals surface area contributed by atoms with Crippen LogP contribution in [0.15, 0.2) is 54.9 Å². The Hall–Kier alpha value is -2.51. The zero-order valence-corrected chi connectivity index (χ0v) is 15.1. The lowest BCUT2D eigenvalue weighted by Crippen LogP contribution is -2.12. The number of halogens is 5. The van der Waals surface area contributed by atoms with Crippen LogP contribution in [0.3, 0.4) is 0 Å². The molecule has 0 spiro atoms. The first-order chi connectivity index (χ1) is 12.7. The molecule has 9 heteroatoms. The first-order valence-electron chi connectivity index (χ1n) is 7.67. The van der Waals surface area contributed by atoms with Gasteiger partial charge in [-0.05, 0) is 35.9 Å². The average molecular weight is 414 g/mol. The highest BCUT2D eigenvalue weighted by Crippen LogP contribution is 2.29. The molecule has 3 aromatic rings. The lowest BCUT2D eigenvalue weighted by atomic mass is 10.1. The molecule has 0 fully saturated rings. The topological polar surface area (TPSA) is 46.9 Å². The Bertz CT molecular complexity index is 986. The first-order valence-corrected chi connectivity index (χ1v) is 8.43. The van der Waals surface area contributed by atoms with E-state index in [1.54, 1.807) is 12.1 Å². The minimum Gasteiger partial charge on any atom is -0.319 e. The van der Waals surface area contributed by atoms with Gasteiger partial charge in [-0.3, -0.25) is 9.48 Å². The number of alkyl halides is 3. The molecular weight excluding hydrogens is 402 g/mol. The second-order valence-electron chi connectivity index (χ2n) is 5.70. The van der Waals surface area contributed by atoms with Gasteiger partial charge < -0.3 is 5.32 Å². The van der Waals surface area contributed by atoms with E-state index in [4.69, 9.17) is 23.2 Å². The molecule has 27 heavy (non-hydrogen) atoms. The van der Waals surface area contributed by atoms with Crippen molar-refractivity contribution < 1.29 is 18.0 Å². The lowest BCUT2D eigenvalue weighted by Gasteiger charge is -2.08. The van der Waals surface area contributed by atoms with E-state index in [9.17, 15) is 18.0 Å². The average Bonchev–Trinajstić information content (AvgIpc) is 3.01. The predicted molar refractivity (Wildman–Crippen MR) is 97.2 cm³/mol. The monoisotopic (exact) mass is 413 g/mol. The molecule has 0 atom stereocenters. The van der Waals surface area contributed by atoms with E-state index in [1.807, 2.05) is 0 Å². The molecule has 0 bridgehead atoms. The predicted octanol–water partition coefficient (Wildman–Crippen LogP) is 5.51. The number of hydrogen-bond acceptors (Lipinski definition) is 2. The van der Waals surface area contributed by atoms with E-state index >= 15 is 0 Å². The molecule has 1 amide bonds. The fourth-order valence-corrected chi connectivity index (χ4v) is 2.91. The van der Waals surface area contributed by atoms with E-state index in [0.29, 0.717) is 16.3 Å². The summed E-state index contributed by atoms with van der Waals surface area (Å²) in [7, 11) is 0. The Morgan fingerprint density at radius 3 is 2.63 bits per heavy atom. The highest BCUT2D eigenvalue weighted by atomic mass is 35.5. The van der Waals surface area contributed by atoms with Gasteiger partial charge in [-0.2, -0.15) is 18.3 Å². The van der Waals surface area contributed by atoms with E-state index in [-0.39, 0.29) is 17.1 Å². The molecule has 1 aromatic heterocycles. The standard InChI is InChI=1S/C18H12Cl2F3N3O/c19-13-4-5-15(16(20)7-13)17(27)25-14-8-24-26(10-14)9-11-2-1-3-12(6-11)18(21,22)23/h1-8,10H,9H2,(H,25,27). The van der Waals surface area contributed by atoms with E-state index in [0.717, 1.165) is 12.1 Å². The molecular formula is C18H12Cl2F3N3O. The van der Waals surface area contributed by atoms with Crippen molar-refractivity contribution in [3.63, 3.8) is 0 Å². The van der Waals surface area contributed by atoms with Gasteiger partial charge in [-0.25, -0.2) is 0 Å². The summed E-state index contributed by atoms with van der Waals surface area (Å²) in [5.74, 6) is -0.449. The van der Waals surface area contributed by atoms with Crippen molar-refractivity contribution in [3.8, 4) is 0 Å². The van der Waals surface area contributed by atoms with Crippen molar-refractivity contribution in [3.05, 3.63) is 81.6 Å². The molecule has 0 radical (unpaired) electrons. The van der Waals surface area contributed by atoms with Crippen LogP contribution in [0.1, 0.15) is 21.5 Å². The first kappa shape index (κ1) is 19.3. The number of rotatable bonds is 4. The SMILES string of the molecule is O=C(Nc1cnn(Cc2cccc(C(F)(F)F)c2)c1)c1ccc(Cl)cc1Cl. The molecule has 0 unspecified atom stereocenters. The fraction of sp³-hybridized carbons (Fsp3) is 0.111. The Labute approximate surface area is 162 Å². The van der Waals surface area contributed by atoms with Gasteiger partial charge in [0.05, 0.1) is 34.6 Å². The molecule has 0 aliphatic heterocycles. The largest absolute Gasteiger partial charge is 0.416 e. The summed E-state index contributed by atoms with van der Waals surface area (Å²) < 4.78 is 39.8. The number of carbonyl (C=O) groups excluding carboxylic acids is 1. The Balaban J connectivity index is 1.71. The normalized spacial score (nSPS) is 11.4. The third-order valence-electron chi connectivity index (χ3n) is 3.67. The number of amides is 1. The van der Waals surface area contributed by atoms with Crippen molar-refractivity contribution in [2.24, 2.45) is 0 Å². The van der Waals surface area contributed by atoms with Crippen LogP contribution in [-0.4, -0.2) is 15.7 Å². The molecule has 4 nitrogen and oxygen atoms in total. The zero-order chi connectivity index (χ0) is 19.6. The number of hydrogen-bond donors (Lipinski definition) is 1. The van der Waals surface area contributed by atoms with Gasteiger partial charge >= 0.3 is 6.18 Å². The van der Waals surface area contributed by atoms with Gasteiger partial charge in [0.25, 0.3) is 5.91 Å². The maximum absolute atomic E-state index is 12.8. The van der Waals surface area contributed by atoms with E-state index in [2.05, 4.69) is 10.4 Å². The smallest absolute Gasteiger partial charge is 0.319 e. The third kappa shape index (κ3) is 4.81. The summed E-state index contributed by atoms with van der Waals surface area (Å²) >= 11 is 11.8. The highest BCUT2D eigenvalue weighted by Gasteiger charge is 2.30. The van der Waals surface area contributed by atoms with Crippen LogP contribution < -0.4 is 5.32 Å². The molecule has 0 aliphatic rings. The Kier molecular flexibility index (Phi) is 5.43. The minimum absolute atomic E-state index is 0.126. The van der Waals surface area contributed by atoms with Crippen LogP contribution in [0.2, 0.25) is 10.0 Å². The minimum atomic E-state index is -4.41. The number of nitrogens with zero attached hydrogens (tertiary/aromatic N) is 2. The van der Waals surface area contributed by atoms with Crippen molar-refractivity contribution in [1.82, 2.24) is 9.78 Å².